The zero-order chi connectivity index (χ0) is 10.8. The van der Waals surface area contributed by atoms with Gasteiger partial charge in [0, 0.05) is 12.3 Å². The molecule has 0 spiro atoms. The summed E-state index contributed by atoms with van der Waals surface area (Å²) >= 11 is 0. The van der Waals surface area contributed by atoms with Crippen LogP contribution in [0.3, 0.4) is 0 Å². The van der Waals surface area contributed by atoms with E-state index < -0.39 is 0 Å². The van der Waals surface area contributed by atoms with Gasteiger partial charge in [-0.3, -0.25) is 4.79 Å². The third-order valence-corrected chi connectivity index (χ3v) is 3.04. The highest BCUT2D eigenvalue weighted by Crippen LogP contribution is 2.48. The number of hydrogen-bond donors (Lipinski definition) is 0. The largest absolute Gasteiger partial charge is 0.299 e. The van der Waals surface area contributed by atoms with Crippen LogP contribution in [-0.4, -0.2) is 5.78 Å². The van der Waals surface area contributed by atoms with Gasteiger partial charge in [0.25, 0.3) is 0 Å². The highest BCUT2D eigenvalue weighted by molar-refractivity contribution is 5.85. The van der Waals surface area contributed by atoms with Gasteiger partial charge >= 0.3 is 0 Å². The van der Waals surface area contributed by atoms with Crippen molar-refractivity contribution in [2.75, 3.05) is 0 Å². The fourth-order valence-electron chi connectivity index (χ4n) is 2.17. The summed E-state index contributed by atoms with van der Waals surface area (Å²) in [6, 6.07) is 10.4. The molecule has 0 saturated heterocycles. The molecule has 15 heavy (non-hydrogen) atoms. The van der Waals surface area contributed by atoms with Gasteiger partial charge in [0.1, 0.15) is 5.78 Å². The highest BCUT2D eigenvalue weighted by atomic mass is 16.1. The van der Waals surface area contributed by atoms with E-state index in [0.717, 1.165) is 12.8 Å². The lowest BCUT2D eigenvalue weighted by atomic mass is 10.0. The number of carbonyl (C=O) groups is 1. The Morgan fingerprint density at radius 1 is 1.33 bits per heavy atom. The van der Waals surface area contributed by atoms with Crippen LogP contribution in [0.25, 0.3) is 0 Å². The SMILES string of the molecule is CC(C)CC(=O)[C@@H]1C[C@H]1c1ccccc1. The van der Waals surface area contributed by atoms with Crippen LogP contribution >= 0.6 is 0 Å². The minimum absolute atomic E-state index is 0.315. The molecule has 1 aromatic carbocycles. The van der Waals surface area contributed by atoms with Gasteiger partial charge in [-0.1, -0.05) is 44.2 Å². The van der Waals surface area contributed by atoms with E-state index in [1.807, 2.05) is 6.07 Å². The van der Waals surface area contributed by atoms with E-state index in [9.17, 15) is 4.79 Å². The number of carbonyl (C=O) groups excluding carboxylic acids is 1. The normalized spacial score (nSPS) is 24.2. The molecular weight excluding hydrogens is 184 g/mol. The third-order valence-electron chi connectivity index (χ3n) is 3.04. The lowest BCUT2D eigenvalue weighted by Gasteiger charge is -2.03. The molecule has 1 aromatic rings. The molecule has 0 unspecified atom stereocenters. The van der Waals surface area contributed by atoms with Crippen LogP contribution in [0.5, 0.6) is 0 Å². The van der Waals surface area contributed by atoms with Crippen LogP contribution in [0.15, 0.2) is 30.3 Å². The molecule has 1 nitrogen and oxygen atoms in total. The lowest BCUT2D eigenvalue weighted by molar-refractivity contribution is -0.121. The summed E-state index contributed by atoms with van der Waals surface area (Å²) in [5.41, 5.74) is 1.33. The Morgan fingerprint density at radius 2 is 2.00 bits per heavy atom. The Labute approximate surface area is 91.5 Å². The van der Waals surface area contributed by atoms with E-state index in [0.29, 0.717) is 23.5 Å². The van der Waals surface area contributed by atoms with Crippen molar-refractivity contribution < 1.29 is 4.79 Å². The van der Waals surface area contributed by atoms with Crippen molar-refractivity contribution in [2.45, 2.75) is 32.6 Å². The first-order valence-electron chi connectivity index (χ1n) is 5.76. The minimum Gasteiger partial charge on any atom is -0.299 e. The van der Waals surface area contributed by atoms with Crippen molar-refractivity contribution in [1.82, 2.24) is 0 Å². The summed E-state index contributed by atoms with van der Waals surface area (Å²) in [7, 11) is 0. The van der Waals surface area contributed by atoms with E-state index in [4.69, 9.17) is 0 Å². The highest BCUT2D eigenvalue weighted by Gasteiger charge is 2.43. The monoisotopic (exact) mass is 202 g/mol. The molecule has 0 amide bonds. The van der Waals surface area contributed by atoms with Gasteiger partial charge in [-0.05, 0) is 23.8 Å². The average molecular weight is 202 g/mol. The topological polar surface area (TPSA) is 17.1 Å². The number of rotatable bonds is 4. The zero-order valence-electron chi connectivity index (χ0n) is 9.44. The zero-order valence-corrected chi connectivity index (χ0v) is 9.44. The molecule has 1 fully saturated rings. The van der Waals surface area contributed by atoms with Crippen LogP contribution in [0, 0.1) is 11.8 Å². The summed E-state index contributed by atoms with van der Waals surface area (Å²) in [6.45, 7) is 4.22. The van der Waals surface area contributed by atoms with Crippen molar-refractivity contribution >= 4 is 5.78 Å². The van der Waals surface area contributed by atoms with Crippen LogP contribution < -0.4 is 0 Å². The molecule has 0 N–H and O–H groups in total. The van der Waals surface area contributed by atoms with Gasteiger partial charge in [0.2, 0.25) is 0 Å². The predicted octanol–water partition coefficient (Wildman–Crippen LogP) is 3.41. The van der Waals surface area contributed by atoms with Crippen LogP contribution in [0.2, 0.25) is 0 Å². The predicted molar refractivity (Wildman–Crippen MR) is 61.8 cm³/mol. The number of benzene rings is 1. The summed E-state index contributed by atoms with van der Waals surface area (Å²) < 4.78 is 0. The van der Waals surface area contributed by atoms with E-state index in [-0.39, 0.29) is 0 Å². The fourth-order valence-corrected chi connectivity index (χ4v) is 2.17. The van der Waals surface area contributed by atoms with Gasteiger partial charge in [-0.15, -0.1) is 0 Å². The first-order chi connectivity index (χ1) is 7.18. The Hall–Kier alpha value is -1.11. The van der Waals surface area contributed by atoms with Crippen LogP contribution in [-0.2, 0) is 4.79 Å². The summed E-state index contributed by atoms with van der Waals surface area (Å²) in [4.78, 5) is 11.8. The molecule has 0 bridgehead atoms. The van der Waals surface area contributed by atoms with Crippen molar-refractivity contribution in [3.05, 3.63) is 35.9 Å². The average Bonchev–Trinajstić information content (AvgIpc) is 2.97. The second-order valence-corrected chi connectivity index (χ2v) is 4.92. The molecular formula is C14H18O. The first-order valence-corrected chi connectivity index (χ1v) is 5.76. The maximum Gasteiger partial charge on any atom is 0.136 e. The summed E-state index contributed by atoms with van der Waals surface area (Å²) in [5, 5.41) is 0. The molecule has 0 heterocycles. The third kappa shape index (κ3) is 2.47. The molecule has 0 aliphatic heterocycles. The van der Waals surface area contributed by atoms with Crippen molar-refractivity contribution in [3.8, 4) is 0 Å². The maximum atomic E-state index is 11.8. The first kappa shape index (κ1) is 10.4. The standard InChI is InChI=1S/C14H18O/c1-10(2)8-14(15)13-9-12(13)11-6-4-3-5-7-11/h3-7,10,12-13H,8-9H2,1-2H3/t12-,13+/m0/s1. The van der Waals surface area contributed by atoms with E-state index in [1.165, 1.54) is 5.56 Å². The molecule has 1 aliphatic rings. The lowest BCUT2D eigenvalue weighted by Crippen LogP contribution is -2.05. The number of ketones is 1. The van der Waals surface area contributed by atoms with E-state index in [1.54, 1.807) is 0 Å². The fraction of sp³-hybridized carbons (Fsp3) is 0.500. The van der Waals surface area contributed by atoms with Gasteiger partial charge in [-0.25, -0.2) is 0 Å². The maximum absolute atomic E-state index is 11.8. The minimum atomic E-state index is 0.315. The molecule has 1 aliphatic carbocycles. The summed E-state index contributed by atoms with van der Waals surface area (Å²) in [5.74, 6) is 1.78. The van der Waals surface area contributed by atoms with Crippen molar-refractivity contribution in [1.29, 1.82) is 0 Å². The van der Waals surface area contributed by atoms with Crippen molar-refractivity contribution in [3.63, 3.8) is 0 Å². The Kier molecular flexibility index (Phi) is 2.90. The molecule has 80 valence electrons. The molecule has 2 rings (SSSR count). The van der Waals surface area contributed by atoms with E-state index in [2.05, 4.69) is 38.1 Å². The van der Waals surface area contributed by atoms with Crippen LogP contribution in [0.4, 0.5) is 0 Å². The quantitative estimate of drug-likeness (QED) is 0.731. The van der Waals surface area contributed by atoms with E-state index >= 15 is 0 Å². The number of Topliss-reactive ketones (excluding diaryl/α,β-unsaturated/α-hetero) is 1. The smallest absolute Gasteiger partial charge is 0.136 e. The van der Waals surface area contributed by atoms with Gasteiger partial charge in [-0.2, -0.15) is 0 Å². The van der Waals surface area contributed by atoms with Gasteiger partial charge in [0.15, 0.2) is 0 Å². The summed E-state index contributed by atoms with van der Waals surface area (Å²) in [6.07, 6.45) is 1.81. The van der Waals surface area contributed by atoms with Gasteiger partial charge in [0.05, 0.1) is 0 Å². The Bertz CT molecular complexity index is 340. The second kappa shape index (κ2) is 4.18. The Balaban J connectivity index is 1.94. The molecule has 1 heteroatoms. The van der Waals surface area contributed by atoms with Gasteiger partial charge < -0.3 is 0 Å². The number of hydrogen-bond acceptors (Lipinski definition) is 1. The molecule has 0 aromatic heterocycles. The van der Waals surface area contributed by atoms with Crippen LogP contribution in [0.1, 0.15) is 38.2 Å². The molecule has 1 saturated carbocycles. The Morgan fingerprint density at radius 3 is 2.60 bits per heavy atom. The van der Waals surface area contributed by atoms with Crippen molar-refractivity contribution in [2.24, 2.45) is 11.8 Å². The second-order valence-electron chi connectivity index (χ2n) is 4.92. The molecule has 0 radical (unpaired) electrons. The molecule has 2 atom stereocenters.